The number of anilines is 1. The van der Waals surface area contributed by atoms with Crippen molar-refractivity contribution in [2.75, 3.05) is 11.9 Å². The van der Waals surface area contributed by atoms with Crippen LogP contribution in [0.25, 0.3) is 0 Å². The number of benzene rings is 3. The molecule has 3 aromatic carbocycles. The molecule has 0 aliphatic carbocycles. The zero-order chi connectivity index (χ0) is 20.6. The van der Waals surface area contributed by atoms with Crippen LogP contribution in [-0.2, 0) is 9.53 Å². The van der Waals surface area contributed by atoms with Crippen molar-refractivity contribution in [3.05, 3.63) is 95.8 Å². The van der Waals surface area contributed by atoms with Crippen molar-refractivity contribution in [1.29, 1.82) is 0 Å². The molecule has 0 heterocycles. The Kier molecular flexibility index (Phi) is 6.58. The highest BCUT2D eigenvalue weighted by molar-refractivity contribution is 5.99. The van der Waals surface area contributed by atoms with Gasteiger partial charge in [0.15, 0.2) is 0 Å². The fourth-order valence-corrected chi connectivity index (χ4v) is 2.75. The number of esters is 1. The average Bonchev–Trinajstić information content (AvgIpc) is 2.74. The van der Waals surface area contributed by atoms with E-state index in [0.717, 1.165) is 6.07 Å². The summed E-state index contributed by atoms with van der Waals surface area (Å²) in [6.07, 6.45) is -1.27. The fraction of sp³-hybridized carbons (Fsp3) is 0.130. The third-order valence-electron chi connectivity index (χ3n) is 4.10. The molecule has 0 bridgehead atoms. The summed E-state index contributed by atoms with van der Waals surface area (Å²) in [5, 5.41) is 2.73. The van der Waals surface area contributed by atoms with Crippen molar-refractivity contribution in [1.82, 2.24) is 0 Å². The van der Waals surface area contributed by atoms with E-state index < -0.39 is 23.8 Å². The van der Waals surface area contributed by atoms with E-state index in [4.69, 9.17) is 9.47 Å². The normalized spacial score (nSPS) is 11.4. The van der Waals surface area contributed by atoms with Gasteiger partial charge in [-0.25, -0.2) is 9.18 Å². The minimum atomic E-state index is -1.27. The van der Waals surface area contributed by atoms with E-state index in [1.165, 1.54) is 18.2 Å². The van der Waals surface area contributed by atoms with Crippen LogP contribution in [0.1, 0.15) is 28.9 Å². The molecule has 0 aliphatic rings. The summed E-state index contributed by atoms with van der Waals surface area (Å²) >= 11 is 0. The Balaban J connectivity index is 1.87. The first-order valence-electron chi connectivity index (χ1n) is 9.13. The number of hydrogen-bond donors (Lipinski definition) is 1. The number of para-hydroxylation sites is 2. The van der Waals surface area contributed by atoms with Gasteiger partial charge >= 0.3 is 5.97 Å². The molecule has 1 amide bonds. The second-order valence-electron chi connectivity index (χ2n) is 6.09. The first-order valence-corrected chi connectivity index (χ1v) is 9.13. The minimum absolute atomic E-state index is 0.240. The van der Waals surface area contributed by atoms with Crippen LogP contribution >= 0.6 is 0 Å². The van der Waals surface area contributed by atoms with Crippen LogP contribution in [0, 0.1) is 5.82 Å². The Morgan fingerprint density at radius 1 is 0.931 bits per heavy atom. The minimum Gasteiger partial charge on any atom is -0.492 e. The maximum Gasteiger partial charge on any atom is 0.342 e. The first kappa shape index (κ1) is 20.1. The van der Waals surface area contributed by atoms with E-state index >= 15 is 0 Å². The molecule has 29 heavy (non-hydrogen) atoms. The molecule has 3 aromatic rings. The summed E-state index contributed by atoms with van der Waals surface area (Å²) < 4.78 is 24.9. The molecule has 6 heteroatoms. The van der Waals surface area contributed by atoms with Crippen LogP contribution < -0.4 is 10.1 Å². The third kappa shape index (κ3) is 4.99. The van der Waals surface area contributed by atoms with Gasteiger partial charge in [-0.15, -0.1) is 0 Å². The van der Waals surface area contributed by atoms with Crippen molar-refractivity contribution in [3.8, 4) is 5.75 Å². The van der Waals surface area contributed by atoms with Gasteiger partial charge in [0, 0.05) is 5.56 Å². The number of rotatable bonds is 7. The van der Waals surface area contributed by atoms with Crippen LogP contribution in [0.5, 0.6) is 5.75 Å². The molecule has 1 N–H and O–H groups in total. The van der Waals surface area contributed by atoms with Gasteiger partial charge in [0.05, 0.1) is 17.9 Å². The number of hydrogen-bond acceptors (Lipinski definition) is 4. The number of carbonyl (C=O) groups excluding carboxylic acids is 2. The number of carbonyl (C=O) groups is 2. The molecule has 1 unspecified atom stereocenters. The van der Waals surface area contributed by atoms with Crippen molar-refractivity contribution >= 4 is 17.6 Å². The largest absolute Gasteiger partial charge is 0.492 e. The summed E-state index contributed by atoms with van der Waals surface area (Å²) in [6.45, 7) is 2.26. The van der Waals surface area contributed by atoms with Gasteiger partial charge in [0.2, 0.25) is 6.10 Å². The van der Waals surface area contributed by atoms with Crippen molar-refractivity contribution in [2.24, 2.45) is 0 Å². The monoisotopic (exact) mass is 393 g/mol. The van der Waals surface area contributed by atoms with Crippen LogP contribution in [0.4, 0.5) is 10.1 Å². The van der Waals surface area contributed by atoms with Gasteiger partial charge < -0.3 is 14.8 Å². The Bertz CT molecular complexity index is 991. The Morgan fingerprint density at radius 3 is 2.31 bits per heavy atom. The quantitative estimate of drug-likeness (QED) is 0.588. The molecule has 3 rings (SSSR count). The highest BCUT2D eigenvalue weighted by atomic mass is 19.1. The van der Waals surface area contributed by atoms with Crippen LogP contribution in [-0.4, -0.2) is 18.5 Å². The molecule has 0 radical (unpaired) electrons. The molecule has 0 fully saturated rings. The summed E-state index contributed by atoms with van der Waals surface area (Å²) in [5.74, 6) is -1.72. The summed E-state index contributed by atoms with van der Waals surface area (Å²) in [4.78, 5) is 25.5. The predicted molar refractivity (Wildman–Crippen MR) is 107 cm³/mol. The molecule has 0 aliphatic heterocycles. The molecule has 5 nitrogen and oxygen atoms in total. The highest BCUT2D eigenvalue weighted by Gasteiger charge is 2.27. The second kappa shape index (κ2) is 9.50. The summed E-state index contributed by atoms with van der Waals surface area (Å²) in [6, 6.07) is 21.0. The van der Waals surface area contributed by atoms with Gasteiger partial charge in [-0.1, -0.05) is 54.6 Å². The van der Waals surface area contributed by atoms with Gasteiger partial charge in [0.1, 0.15) is 11.6 Å². The smallest absolute Gasteiger partial charge is 0.342 e. The van der Waals surface area contributed by atoms with Crippen LogP contribution in [0.15, 0.2) is 78.9 Å². The lowest BCUT2D eigenvalue weighted by Crippen LogP contribution is -2.26. The van der Waals surface area contributed by atoms with Crippen LogP contribution in [0.2, 0.25) is 0 Å². The van der Waals surface area contributed by atoms with E-state index in [9.17, 15) is 14.0 Å². The molecule has 0 aromatic heterocycles. The van der Waals surface area contributed by atoms with Crippen molar-refractivity contribution < 1.29 is 23.5 Å². The highest BCUT2D eigenvalue weighted by Crippen LogP contribution is 2.27. The van der Waals surface area contributed by atoms with Gasteiger partial charge in [-0.2, -0.15) is 0 Å². The summed E-state index contributed by atoms with van der Waals surface area (Å²) in [5.41, 5.74) is 0.668. The molecule has 1 atom stereocenters. The maximum absolute atomic E-state index is 14.0. The van der Waals surface area contributed by atoms with Gasteiger partial charge in [-0.3, -0.25) is 4.79 Å². The van der Waals surface area contributed by atoms with E-state index in [0.29, 0.717) is 23.6 Å². The molecule has 0 saturated heterocycles. The van der Waals surface area contributed by atoms with Crippen molar-refractivity contribution in [2.45, 2.75) is 13.0 Å². The third-order valence-corrected chi connectivity index (χ3v) is 4.10. The van der Waals surface area contributed by atoms with Gasteiger partial charge in [-0.05, 0) is 31.2 Å². The first-order chi connectivity index (χ1) is 14.1. The van der Waals surface area contributed by atoms with Crippen molar-refractivity contribution in [3.63, 3.8) is 0 Å². The zero-order valence-electron chi connectivity index (χ0n) is 15.8. The summed E-state index contributed by atoms with van der Waals surface area (Å²) in [7, 11) is 0. The molecular weight excluding hydrogens is 373 g/mol. The standard InChI is InChI=1S/C23H20FNO4/c1-2-28-20-15-9-8-14-19(20)25-22(26)21(16-10-4-3-5-11-16)29-23(27)17-12-6-7-13-18(17)24/h3-15,21H,2H2,1H3,(H,25,26). The zero-order valence-corrected chi connectivity index (χ0v) is 15.8. The molecule has 0 saturated carbocycles. The maximum atomic E-state index is 14.0. The van der Waals surface area contributed by atoms with E-state index in [-0.39, 0.29) is 5.56 Å². The lowest BCUT2D eigenvalue weighted by molar-refractivity contribution is -0.125. The molecular formula is C23H20FNO4. The molecule has 148 valence electrons. The fourth-order valence-electron chi connectivity index (χ4n) is 2.75. The van der Waals surface area contributed by atoms with Crippen LogP contribution in [0.3, 0.4) is 0 Å². The van der Waals surface area contributed by atoms with E-state index in [2.05, 4.69) is 5.32 Å². The SMILES string of the molecule is CCOc1ccccc1NC(=O)C(OC(=O)c1ccccc1F)c1ccccc1. The van der Waals surface area contributed by atoms with E-state index in [1.807, 2.05) is 6.92 Å². The Hall–Kier alpha value is -3.67. The lowest BCUT2D eigenvalue weighted by Gasteiger charge is -2.19. The van der Waals surface area contributed by atoms with E-state index in [1.54, 1.807) is 54.6 Å². The topological polar surface area (TPSA) is 64.6 Å². The Morgan fingerprint density at radius 2 is 1.59 bits per heavy atom. The number of amides is 1. The Labute approximate surface area is 168 Å². The lowest BCUT2D eigenvalue weighted by atomic mass is 10.1. The number of nitrogens with one attached hydrogen (secondary N) is 1. The average molecular weight is 393 g/mol. The predicted octanol–water partition coefficient (Wildman–Crippen LogP) is 4.76. The number of halogens is 1. The van der Waals surface area contributed by atoms with Gasteiger partial charge in [0.25, 0.3) is 5.91 Å². The molecule has 0 spiro atoms. The second-order valence-corrected chi connectivity index (χ2v) is 6.09. The number of ether oxygens (including phenoxy) is 2.